The molecule has 1 saturated heterocycles. The van der Waals surface area contributed by atoms with Crippen LogP contribution >= 0.6 is 11.6 Å². The Hall–Kier alpha value is -1.46. The molecule has 2 fully saturated rings. The highest BCUT2D eigenvalue weighted by molar-refractivity contribution is 6.30. The Labute approximate surface area is 160 Å². The zero-order chi connectivity index (χ0) is 17.9. The SMILES string of the molecule is CC1CCN(C(c2ccc(Cl)cc2)c2nnnn2C2CCCCC2)CC1. The van der Waals surface area contributed by atoms with Crippen molar-refractivity contribution in [1.29, 1.82) is 0 Å². The third kappa shape index (κ3) is 3.79. The van der Waals surface area contributed by atoms with Crippen LogP contribution in [-0.2, 0) is 0 Å². The molecule has 2 heterocycles. The Morgan fingerprint density at radius 1 is 1.00 bits per heavy atom. The highest BCUT2D eigenvalue weighted by Crippen LogP contribution is 2.35. The Morgan fingerprint density at radius 2 is 1.69 bits per heavy atom. The number of hydrogen-bond acceptors (Lipinski definition) is 4. The predicted octanol–water partition coefficient (Wildman–Crippen LogP) is 4.65. The molecular formula is C20H28ClN5. The second-order valence-electron chi connectivity index (χ2n) is 7.95. The Morgan fingerprint density at radius 3 is 2.38 bits per heavy atom. The molecule has 1 aliphatic carbocycles. The standard InChI is InChI=1S/C20H28ClN5/c1-15-11-13-25(14-12-15)19(16-7-9-17(21)10-8-16)20-22-23-24-26(20)18-5-3-2-4-6-18/h7-10,15,18-19H,2-6,11-14H2,1H3. The molecule has 2 aromatic rings. The molecule has 2 aliphatic rings. The Kier molecular flexibility index (Phi) is 5.55. The normalized spacial score (nSPS) is 21.8. The van der Waals surface area contributed by atoms with E-state index in [1.54, 1.807) is 0 Å². The van der Waals surface area contributed by atoms with Crippen LogP contribution in [-0.4, -0.2) is 38.2 Å². The van der Waals surface area contributed by atoms with Gasteiger partial charge in [-0.2, -0.15) is 0 Å². The van der Waals surface area contributed by atoms with Crippen LogP contribution in [0.4, 0.5) is 0 Å². The van der Waals surface area contributed by atoms with Gasteiger partial charge in [0, 0.05) is 5.02 Å². The van der Waals surface area contributed by atoms with E-state index in [2.05, 4.69) is 44.2 Å². The van der Waals surface area contributed by atoms with Gasteiger partial charge in [0.05, 0.1) is 12.1 Å². The van der Waals surface area contributed by atoms with E-state index >= 15 is 0 Å². The fraction of sp³-hybridized carbons (Fsp3) is 0.650. The van der Waals surface area contributed by atoms with Gasteiger partial charge >= 0.3 is 0 Å². The maximum absolute atomic E-state index is 6.14. The van der Waals surface area contributed by atoms with Crippen molar-refractivity contribution < 1.29 is 0 Å². The maximum atomic E-state index is 6.14. The van der Waals surface area contributed by atoms with Crippen LogP contribution in [0, 0.1) is 5.92 Å². The minimum atomic E-state index is 0.108. The molecule has 1 atom stereocenters. The largest absolute Gasteiger partial charge is 0.290 e. The molecule has 0 N–H and O–H groups in total. The highest BCUT2D eigenvalue weighted by atomic mass is 35.5. The zero-order valence-corrected chi connectivity index (χ0v) is 16.3. The van der Waals surface area contributed by atoms with Crippen LogP contribution in [0.5, 0.6) is 0 Å². The van der Waals surface area contributed by atoms with Crippen molar-refractivity contribution in [3.63, 3.8) is 0 Å². The van der Waals surface area contributed by atoms with Gasteiger partial charge in [-0.25, -0.2) is 4.68 Å². The van der Waals surface area contributed by atoms with E-state index in [9.17, 15) is 0 Å². The van der Waals surface area contributed by atoms with Gasteiger partial charge in [-0.3, -0.25) is 4.90 Å². The Bertz CT molecular complexity index is 699. The summed E-state index contributed by atoms with van der Waals surface area (Å²) in [4.78, 5) is 2.55. The first-order valence-electron chi connectivity index (χ1n) is 9.99. The van der Waals surface area contributed by atoms with Gasteiger partial charge in [0.25, 0.3) is 0 Å². The zero-order valence-electron chi connectivity index (χ0n) is 15.5. The summed E-state index contributed by atoms with van der Waals surface area (Å²) < 4.78 is 2.12. The molecule has 0 spiro atoms. The molecule has 4 rings (SSSR count). The van der Waals surface area contributed by atoms with E-state index in [1.807, 2.05) is 12.1 Å². The highest BCUT2D eigenvalue weighted by Gasteiger charge is 2.32. The van der Waals surface area contributed by atoms with E-state index in [1.165, 1.54) is 50.5 Å². The lowest BCUT2D eigenvalue weighted by Crippen LogP contribution is -2.38. The second kappa shape index (κ2) is 8.05. The number of benzene rings is 1. The van der Waals surface area contributed by atoms with E-state index in [0.717, 1.165) is 29.9 Å². The summed E-state index contributed by atoms with van der Waals surface area (Å²) in [5, 5.41) is 13.8. The monoisotopic (exact) mass is 373 g/mol. The first-order chi connectivity index (χ1) is 12.7. The number of halogens is 1. The van der Waals surface area contributed by atoms with E-state index in [0.29, 0.717) is 6.04 Å². The van der Waals surface area contributed by atoms with Gasteiger partial charge in [0.1, 0.15) is 0 Å². The average molecular weight is 374 g/mol. The van der Waals surface area contributed by atoms with Crippen LogP contribution < -0.4 is 0 Å². The quantitative estimate of drug-likeness (QED) is 0.782. The topological polar surface area (TPSA) is 46.8 Å². The summed E-state index contributed by atoms with van der Waals surface area (Å²) in [5.74, 6) is 1.79. The molecule has 1 aliphatic heterocycles. The van der Waals surface area contributed by atoms with Crippen LogP contribution in [0.25, 0.3) is 0 Å². The number of hydrogen-bond donors (Lipinski definition) is 0. The molecule has 0 radical (unpaired) electrons. The van der Waals surface area contributed by atoms with Gasteiger partial charge in [0.2, 0.25) is 0 Å². The molecule has 140 valence electrons. The molecule has 26 heavy (non-hydrogen) atoms. The van der Waals surface area contributed by atoms with Gasteiger partial charge in [-0.1, -0.05) is 49.9 Å². The smallest absolute Gasteiger partial charge is 0.173 e. The summed E-state index contributed by atoms with van der Waals surface area (Å²) in [6.45, 7) is 4.53. The molecule has 5 nitrogen and oxygen atoms in total. The Balaban J connectivity index is 1.69. The number of piperidine rings is 1. The predicted molar refractivity (Wildman–Crippen MR) is 103 cm³/mol. The van der Waals surface area contributed by atoms with Crippen LogP contribution in [0.15, 0.2) is 24.3 Å². The lowest BCUT2D eigenvalue weighted by Gasteiger charge is -2.37. The second-order valence-corrected chi connectivity index (χ2v) is 8.38. The maximum Gasteiger partial charge on any atom is 0.173 e. The molecule has 1 aromatic heterocycles. The number of likely N-dealkylation sites (tertiary alicyclic amines) is 1. The van der Waals surface area contributed by atoms with Gasteiger partial charge in [0.15, 0.2) is 5.82 Å². The average Bonchev–Trinajstić information content (AvgIpc) is 3.15. The molecule has 0 bridgehead atoms. The van der Waals surface area contributed by atoms with Crippen molar-refractivity contribution in [2.24, 2.45) is 5.92 Å². The van der Waals surface area contributed by atoms with E-state index in [-0.39, 0.29) is 6.04 Å². The minimum absolute atomic E-state index is 0.108. The van der Waals surface area contributed by atoms with Crippen molar-refractivity contribution in [3.8, 4) is 0 Å². The molecule has 1 saturated carbocycles. The van der Waals surface area contributed by atoms with Gasteiger partial charge < -0.3 is 0 Å². The van der Waals surface area contributed by atoms with Crippen LogP contribution in [0.2, 0.25) is 5.02 Å². The van der Waals surface area contributed by atoms with Crippen LogP contribution in [0.1, 0.15) is 75.3 Å². The minimum Gasteiger partial charge on any atom is -0.290 e. The summed E-state index contributed by atoms with van der Waals surface area (Å²) in [6, 6.07) is 8.76. The number of aromatic nitrogens is 4. The first-order valence-corrected chi connectivity index (χ1v) is 10.4. The van der Waals surface area contributed by atoms with Crippen LogP contribution in [0.3, 0.4) is 0 Å². The lowest BCUT2D eigenvalue weighted by molar-refractivity contribution is 0.146. The van der Waals surface area contributed by atoms with Crippen molar-refractivity contribution in [1.82, 2.24) is 25.1 Å². The summed E-state index contributed by atoms with van der Waals surface area (Å²) in [6.07, 6.45) is 8.71. The van der Waals surface area contributed by atoms with Gasteiger partial charge in [-0.05, 0) is 72.8 Å². The van der Waals surface area contributed by atoms with Gasteiger partial charge in [-0.15, -0.1) is 5.10 Å². The fourth-order valence-electron chi connectivity index (χ4n) is 4.42. The fourth-order valence-corrected chi connectivity index (χ4v) is 4.55. The third-order valence-electron chi connectivity index (χ3n) is 6.05. The van der Waals surface area contributed by atoms with E-state index in [4.69, 9.17) is 11.6 Å². The van der Waals surface area contributed by atoms with Crippen molar-refractivity contribution in [2.75, 3.05) is 13.1 Å². The molecule has 1 unspecified atom stereocenters. The summed E-state index contributed by atoms with van der Waals surface area (Å²) in [5.41, 5.74) is 1.23. The third-order valence-corrected chi connectivity index (χ3v) is 6.30. The van der Waals surface area contributed by atoms with Crippen molar-refractivity contribution in [2.45, 2.75) is 64.0 Å². The summed E-state index contributed by atoms with van der Waals surface area (Å²) >= 11 is 6.14. The molecule has 1 aromatic carbocycles. The lowest BCUT2D eigenvalue weighted by atomic mass is 9.93. The summed E-state index contributed by atoms with van der Waals surface area (Å²) in [7, 11) is 0. The number of nitrogens with zero attached hydrogens (tertiary/aromatic N) is 5. The molecular weight excluding hydrogens is 346 g/mol. The van der Waals surface area contributed by atoms with Crippen molar-refractivity contribution in [3.05, 3.63) is 40.7 Å². The number of rotatable bonds is 4. The van der Waals surface area contributed by atoms with E-state index < -0.39 is 0 Å². The first kappa shape index (κ1) is 17.9. The van der Waals surface area contributed by atoms with Crippen molar-refractivity contribution >= 4 is 11.6 Å². The molecule has 6 heteroatoms. The number of tetrazole rings is 1. The molecule has 0 amide bonds.